The van der Waals surface area contributed by atoms with Crippen molar-refractivity contribution in [3.05, 3.63) is 24.0 Å². The van der Waals surface area contributed by atoms with Gasteiger partial charge in [0.15, 0.2) is 0 Å². The maximum absolute atomic E-state index is 12.6. The Bertz CT molecular complexity index is 907. The van der Waals surface area contributed by atoms with Crippen LogP contribution in [-0.4, -0.2) is 59.0 Å². The molecular formula is C22H31N5O3. The molecule has 8 heteroatoms. The molecule has 1 saturated carbocycles. The molecule has 2 aromatic rings. The third-order valence-electron chi connectivity index (χ3n) is 6.14. The van der Waals surface area contributed by atoms with Crippen molar-refractivity contribution < 1.29 is 14.3 Å². The van der Waals surface area contributed by atoms with Crippen molar-refractivity contribution in [2.75, 3.05) is 20.2 Å². The molecule has 8 nitrogen and oxygen atoms in total. The summed E-state index contributed by atoms with van der Waals surface area (Å²) in [4.78, 5) is 34.2. The van der Waals surface area contributed by atoms with Gasteiger partial charge < -0.3 is 20.4 Å². The summed E-state index contributed by atoms with van der Waals surface area (Å²) in [7, 11) is 1.63. The van der Waals surface area contributed by atoms with Crippen LogP contribution in [-0.2, 0) is 16.1 Å². The largest absolute Gasteiger partial charge is 0.497 e. The van der Waals surface area contributed by atoms with E-state index < -0.39 is 0 Å². The minimum atomic E-state index is 0.00557. The normalized spacial score (nSPS) is 21.7. The van der Waals surface area contributed by atoms with Crippen LogP contribution in [0.1, 0.15) is 44.9 Å². The fourth-order valence-corrected chi connectivity index (χ4v) is 4.33. The van der Waals surface area contributed by atoms with Crippen molar-refractivity contribution in [1.29, 1.82) is 0 Å². The Morgan fingerprint density at radius 2 is 2.00 bits per heavy atom. The quantitative estimate of drug-likeness (QED) is 0.584. The van der Waals surface area contributed by atoms with Gasteiger partial charge in [-0.25, -0.2) is 4.98 Å². The molecule has 1 saturated heterocycles. The first-order chi connectivity index (χ1) is 14.5. The van der Waals surface area contributed by atoms with Crippen molar-refractivity contribution in [1.82, 2.24) is 25.5 Å². The Balaban J connectivity index is 1.31. The van der Waals surface area contributed by atoms with E-state index in [2.05, 4.69) is 25.5 Å². The molecule has 2 atom stereocenters. The van der Waals surface area contributed by atoms with Crippen LogP contribution in [0.3, 0.4) is 0 Å². The number of benzene rings is 1. The predicted molar refractivity (Wildman–Crippen MR) is 114 cm³/mol. The first kappa shape index (κ1) is 20.7. The van der Waals surface area contributed by atoms with Crippen molar-refractivity contribution in [3.8, 4) is 5.75 Å². The van der Waals surface area contributed by atoms with E-state index >= 15 is 0 Å². The van der Waals surface area contributed by atoms with Crippen LogP contribution in [0.2, 0.25) is 0 Å². The molecule has 4 rings (SSSR count). The number of aromatic amines is 1. The summed E-state index contributed by atoms with van der Waals surface area (Å²) in [6, 6.07) is 6.25. The first-order valence-electron chi connectivity index (χ1n) is 10.8. The third-order valence-corrected chi connectivity index (χ3v) is 6.14. The van der Waals surface area contributed by atoms with Crippen LogP contribution in [0.15, 0.2) is 18.2 Å². The highest BCUT2D eigenvalue weighted by molar-refractivity contribution is 5.78. The number of aromatic nitrogens is 2. The summed E-state index contributed by atoms with van der Waals surface area (Å²) in [5, 5.41) is 5.96. The van der Waals surface area contributed by atoms with Crippen molar-refractivity contribution in [2.45, 2.75) is 57.7 Å². The maximum atomic E-state index is 12.6. The fraction of sp³-hybridized carbons (Fsp3) is 0.591. The van der Waals surface area contributed by atoms with Crippen LogP contribution in [0, 0.1) is 5.92 Å². The number of ether oxygens (including phenoxy) is 1. The number of likely N-dealkylation sites (tertiary alicyclic amines) is 1. The van der Waals surface area contributed by atoms with Crippen LogP contribution >= 0.6 is 0 Å². The first-order valence-corrected chi connectivity index (χ1v) is 10.8. The Labute approximate surface area is 176 Å². The van der Waals surface area contributed by atoms with Crippen LogP contribution in [0.4, 0.5) is 0 Å². The second kappa shape index (κ2) is 9.04. The summed E-state index contributed by atoms with van der Waals surface area (Å²) >= 11 is 0. The zero-order valence-electron chi connectivity index (χ0n) is 17.7. The smallest absolute Gasteiger partial charge is 0.221 e. The van der Waals surface area contributed by atoms with Crippen molar-refractivity contribution >= 4 is 22.8 Å². The number of amides is 2. The number of nitrogens with one attached hydrogen (secondary N) is 3. The molecule has 2 heterocycles. The second-order valence-electron chi connectivity index (χ2n) is 8.51. The van der Waals surface area contributed by atoms with Crippen LogP contribution < -0.4 is 15.4 Å². The van der Waals surface area contributed by atoms with Gasteiger partial charge in [-0.05, 0) is 43.7 Å². The van der Waals surface area contributed by atoms with Gasteiger partial charge in [-0.15, -0.1) is 0 Å². The molecule has 0 bridgehead atoms. The predicted octanol–water partition coefficient (Wildman–Crippen LogP) is 1.96. The molecule has 1 aliphatic carbocycles. The Morgan fingerprint density at radius 3 is 2.73 bits per heavy atom. The maximum Gasteiger partial charge on any atom is 0.221 e. The van der Waals surface area contributed by atoms with Gasteiger partial charge in [0.25, 0.3) is 0 Å². The fourth-order valence-electron chi connectivity index (χ4n) is 4.33. The number of carbonyl (C=O) groups is 2. The zero-order valence-corrected chi connectivity index (χ0v) is 17.7. The molecule has 1 aromatic carbocycles. The molecule has 2 aliphatic rings. The average Bonchev–Trinajstić information content (AvgIpc) is 3.33. The van der Waals surface area contributed by atoms with E-state index in [9.17, 15) is 9.59 Å². The van der Waals surface area contributed by atoms with Gasteiger partial charge in [0, 0.05) is 44.6 Å². The van der Waals surface area contributed by atoms with E-state index in [4.69, 9.17) is 4.74 Å². The lowest BCUT2D eigenvalue weighted by atomic mass is 10.1. The van der Waals surface area contributed by atoms with Gasteiger partial charge in [0.2, 0.25) is 11.8 Å². The summed E-state index contributed by atoms with van der Waals surface area (Å²) in [6.07, 6.45) is 5.06. The number of H-pyrrole nitrogens is 1. The third kappa shape index (κ3) is 5.11. The number of rotatable bonds is 9. The molecule has 0 radical (unpaired) electrons. The minimum absolute atomic E-state index is 0.00557. The molecular weight excluding hydrogens is 382 g/mol. The highest BCUT2D eigenvalue weighted by atomic mass is 16.5. The molecule has 0 spiro atoms. The van der Waals surface area contributed by atoms with E-state index in [0.29, 0.717) is 25.6 Å². The van der Waals surface area contributed by atoms with Crippen LogP contribution in [0.25, 0.3) is 11.0 Å². The van der Waals surface area contributed by atoms with Gasteiger partial charge in [-0.2, -0.15) is 0 Å². The zero-order chi connectivity index (χ0) is 21.1. The summed E-state index contributed by atoms with van der Waals surface area (Å²) in [6.45, 7) is 3.63. The monoisotopic (exact) mass is 413 g/mol. The summed E-state index contributed by atoms with van der Waals surface area (Å²) < 4.78 is 5.24. The van der Waals surface area contributed by atoms with E-state index in [-0.39, 0.29) is 17.9 Å². The molecule has 162 valence electrons. The van der Waals surface area contributed by atoms with Gasteiger partial charge in [-0.3, -0.25) is 14.5 Å². The standard InChI is InChI=1S/C22H31N5O3/c1-14(28)23-11-17-6-5-16(27(17)13-15-3-4-15)9-22(29)24-12-21-25-19-8-7-18(30-2)10-20(19)26-21/h7-8,10,15-17H,3-6,9,11-13H2,1-2H3,(H,23,28)(H,24,29)(H,25,26)/t16-,17+/m1/s1. The second-order valence-corrected chi connectivity index (χ2v) is 8.51. The van der Waals surface area contributed by atoms with Crippen LogP contribution in [0.5, 0.6) is 5.75 Å². The Morgan fingerprint density at radius 1 is 1.20 bits per heavy atom. The van der Waals surface area contributed by atoms with E-state index in [1.165, 1.54) is 12.8 Å². The summed E-state index contributed by atoms with van der Waals surface area (Å²) in [5.74, 6) is 2.30. The van der Waals surface area contributed by atoms with E-state index in [1.807, 2.05) is 18.2 Å². The highest BCUT2D eigenvalue weighted by Gasteiger charge is 2.37. The molecule has 30 heavy (non-hydrogen) atoms. The number of imidazole rings is 1. The molecule has 1 aliphatic heterocycles. The van der Waals surface area contributed by atoms with Gasteiger partial charge in [0.1, 0.15) is 11.6 Å². The minimum Gasteiger partial charge on any atom is -0.497 e. The van der Waals surface area contributed by atoms with Gasteiger partial charge >= 0.3 is 0 Å². The molecule has 2 fully saturated rings. The lowest BCUT2D eigenvalue weighted by molar-refractivity contribution is -0.123. The van der Waals surface area contributed by atoms with Gasteiger partial charge in [-0.1, -0.05) is 0 Å². The lowest BCUT2D eigenvalue weighted by Crippen LogP contribution is -2.45. The van der Waals surface area contributed by atoms with Crippen molar-refractivity contribution in [3.63, 3.8) is 0 Å². The Hall–Kier alpha value is -2.61. The number of hydrogen-bond donors (Lipinski definition) is 3. The van der Waals surface area contributed by atoms with E-state index in [1.54, 1.807) is 14.0 Å². The van der Waals surface area contributed by atoms with E-state index in [0.717, 1.165) is 47.9 Å². The number of hydrogen-bond acceptors (Lipinski definition) is 5. The molecule has 0 unspecified atom stereocenters. The summed E-state index contributed by atoms with van der Waals surface area (Å²) in [5.41, 5.74) is 1.75. The SMILES string of the molecule is COc1ccc2nc(CNC(=O)C[C@H]3CC[C@@H](CNC(C)=O)N3CC3CC3)[nH]c2c1. The highest BCUT2D eigenvalue weighted by Crippen LogP contribution is 2.35. The van der Waals surface area contributed by atoms with Gasteiger partial charge in [0.05, 0.1) is 24.7 Å². The Kier molecular flexibility index (Phi) is 6.22. The molecule has 3 N–H and O–H groups in total. The topological polar surface area (TPSA) is 99.3 Å². The number of methoxy groups -OCH3 is 1. The number of nitrogens with zero attached hydrogens (tertiary/aromatic N) is 2. The molecule has 2 amide bonds. The number of fused-ring (bicyclic) bond motifs is 1. The van der Waals surface area contributed by atoms with Crippen molar-refractivity contribution in [2.24, 2.45) is 5.92 Å². The number of carbonyl (C=O) groups excluding carboxylic acids is 2. The molecule has 1 aromatic heterocycles. The lowest BCUT2D eigenvalue weighted by Gasteiger charge is -2.30. The average molecular weight is 414 g/mol.